The molecule has 154 valence electrons. The van der Waals surface area contributed by atoms with Crippen LogP contribution in [0.25, 0.3) is 0 Å². The Kier molecular flexibility index (Phi) is 5.94. The number of likely N-dealkylation sites (tertiary alicyclic amines) is 1. The molecule has 0 spiro atoms. The average Bonchev–Trinajstić information content (AvgIpc) is 3.54. The first-order valence-corrected chi connectivity index (χ1v) is 11.5. The van der Waals surface area contributed by atoms with Gasteiger partial charge in [-0.15, -0.1) is 0 Å². The number of hydrogen-bond acceptors (Lipinski definition) is 5. The molecule has 2 N–H and O–H groups in total. The number of nitrogens with zero attached hydrogens (tertiary/aromatic N) is 2. The van der Waals surface area contributed by atoms with Gasteiger partial charge in [-0.05, 0) is 62.1 Å². The van der Waals surface area contributed by atoms with E-state index in [0.29, 0.717) is 5.56 Å². The molecule has 8 heteroatoms. The molecule has 29 heavy (non-hydrogen) atoms. The Morgan fingerprint density at radius 2 is 1.72 bits per heavy atom. The molecule has 0 radical (unpaired) electrons. The molecule has 1 saturated heterocycles. The summed E-state index contributed by atoms with van der Waals surface area (Å²) in [6.07, 6.45) is 5.36. The molecule has 0 unspecified atom stereocenters. The number of rotatable bonds is 7. The van der Waals surface area contributed by atoms with Crippen LogP contribution in [0.2, 0.25) is 0 Å². The van der Waals surface area contributed by atoms with Gasteiger partial charge in [-0.2, -0.15) is 0 Å². The fraction of sp³-hybridized carbons (Fsp3) is 0.429. The third-order valence-corrected chi connectivity index (χ3v) is 6.90. The molecule has 2 heterocycles. The van der Waals surface area contributed by atoms with Crippen molar-refractivity contribution in [3.8, 4) is 0 Å². The maximum atomic E-state index is 12.5. The Hall–Kier alpha value is -2.29. The van der Waals surface area contributed by atoms with Crippen LogP contribution in [0.1, 0.15) is 41.7 Å². The number of pyridine rings is 1. The highest BCUT2D eigenvalue weighted by Crippen LogP contribution is 2.22. The van der Waals surface area contributed by atoms with Crippen LogP contribution in [-0.2, 0) is 16.6 Å². The van der Waals surface area contributed by atoms with Crippen LogP contribution in [0.3, 0.4) is 0 Å². The number of hydrogen-bond donors (Lipinski definition) is 2. The summed E-state index contributed by atoms with van der Waals surface area (Å²) in [5.74, 6) is -0.160. The second kappa shape index (κ2) is 8.61. The summed E-state index contributed by atoms with van der Waals surface area (Å²) < 4.78 is 27.1. The smallest absolute Gasteiger partial charge is 0.251 e. The molecule has 1 aliphatic heterocycles. The molecular formula is C21H26N4O3S. The van der Waals surface area contributed by atoms with Gasteiger partial charge in [0.15, 0.2) is 0 Å². The van der Waals surface area contributed by atoms with E-state index in [2.05, 4.69) is 19.9 Å². The molecule has 4 rings (SSSR count). The zero-order chi connectivity index (χ0) is 20.3. The van der Waals surface area contributed by atoms with Crippen molar-refractivity contribution in [2.75, 3.05) is 13.1 Å². The zero-order valence-electron chi connectivity index (χ0n) is 16.3. The van der Waals surface area contributed by atoms with Crippen molar-refractivity contribution in [3.63, 3.8) is 0 Å². The fourth-order valence-corrected chi connectivity index (χ4v) is 4.80. The van der Waals surface area contributed by atoms with E-state index in [1.54, 1.807) is 18.3 Å². The fourth-order valence-electron chi connectivity index (χ4n) is 3.50. The summed E-state index contributed by atoms with van der Waals surface area (Å²) in [7, 11) is -3.49. The van der Waals surface area contributed by atoms with Crippen molar-refractivity contribution < 1.29 is 13.2 Å². The number of benzene rings is 1. The van der Waals surface area contributed by atoms with E-state index in [1.165, 1.54) is 12.1 Å². The highest BCUT2D eigenvalue weighted by molar-refractivity contribution is 7.89. The van der Waals surface area contributed by atoms with Crippen LogP contribution in [0.5, 0.6) is 0 Å². The maximum absolute atomic E-state index is 12.5. The molecule has 2 aliphatic rings. The lowest BCUT2D eigenvalue weighted by Crippen LogP contribution is -2.44. The predicted molar refractivity (Wildman–Crippen MR) is 110 cm³/mol. The molecule has 1 amide bonds. The molecule has 0 atom stereocenters. The minimum Gasteiger partial charge on any atom is -0.349 e. The highest BCUT2D eigenvalue weighted by atomic mass is 32.2. The number of aromatic nitrogens is 1. The van der Waals surface area contributed by atoms with Gasteiger partial charge in [0.05, 0.1) is 10.6 Å². The third kappa shape index (κ3) is 5.41. The lowest BCUT2D eigenvalue weighted by Gasteiger charge is -2.32. The van der Waals surface area contributed by atoms with Crippen molar-refractivity contribution in [2.45, 2.75) is 49.2 Å². The number of amides is 1. The summed E-state index contributed by atoms with van der Waals surface area (Å²) in [5.41, 5.74) is 1.53. The van der Waals surface area contributed by atoms with E-state index < -0.39 is 10.0 Å². The van der Waals surface area contributed by atoms with Crippen LogP contribution in [-0.4, -0.2) is 49.4 Å². The molecular weight excluding hydrogens is 388 g/mol. The van der Waals surface area contributed by atoms with Gasteiger partial charge >= 0.3 is 0 Å². The number of carbonyl (C=O) groups is 1. The van der Waals surface area contributed by atoms with Crippen molar-refractivity contribution >= 4 is 15.9 Å². The van der Waals surface area contributed by atoms with Gasteiger partial charge in [0, 0.05) is 43.5 Å². The van der Waals surface area contributed by atoms with E-state index in [0.717, 1.165) is 51.0 Å². The third-order valence-electron chi connectivity index (χ3n) is 5.36. The van der Waals surface area contributed by atoms with Crippen molar-refractivity contribution in [2.24, 2.45) is 0 Å². The summed E-state index contributed by atoms with van der Waals surface area (Å²) in [4.78, 5) is 19.4. The van der Waals surface area contributed by atoms with Crippen molar-refractivity contribution in [1.82, 2.24) is 19.9 Å². The first-order valence-electron chi connectivity index (χ1n) is 10.1. The Morgan fingerprint density at radius 1 is 1.00 bits per heavy atom. The van der Waals surface area contributed by atoms with E-state index in [9.17, 15) is 13.2 Å². The van der Waals surface area contributed by atoms with E-state index in [1.807, 2.05) is 18.2 Å². The summed E-state index contributed by atoms with van der Waals surface area (Å²) in [6, 6.07) is 12.3. The van der Waals surface area contributed by atoms with Gasteiger partial charge in [-0.1, -0.05) is 6.07 Å². The SMILES string of the molecule is O=C(NC1CCN(Cc2ccccn2)CC1)c1ccc(S(=O)(=O)NC2CC2)cc1. The first kappa shape index (κ1) is 20.0. The first-order chi connectivity index (χ1) is 14.0. The van der Waals surface area contributed by atoms with Crippen LogP contribution >= 0.6 is 0 Å². The summed E-state index contributed by atoms with van der Waals surface area (Å²) >= 11 is 0. The van der Waals surface area contributed by atoms with E-state index in [4.69, 9.17) is 0 Å². The topological polar surface area (TPSA) is 91.4 Å². The predicted octanol–water partition coefficient (Wildman–Crippen LogP) is 1.92. The quantitative estimate of drug-likeness (QED) is 0.722. The zero-order valence-corrected chi connectivity index (χ0v) is 17.1. The Labute approximate surface area is 171 Å². The minimum atomic E-state index is -3.49. The van der Waals surface area contributed by atoms with Gasteiger partial charge < -0.3 is 5.32 Å². The number of carbonyl (C=O) groups excluding carboxylic acids is 1. The lowest BCUT2D eigenvalue weighted by atomic mass is 10.0. The normalized spacial score (nSPS) is 18.5. The molecule has 1 saturated carbocycles. The van der Waals surface area contributed by atoms with Gasteiger partial charge in [0.2, 0.25) is 10.0 Å². The van der Waals surface area contributed by atoms with Crippen LogP contribution < -0.4 is 10.0 Å². The Bertz CT molecular complexity index is 936. The van der Waals surface area contributed by atoms with Gasteiger partial charge in [-0.25, -0.2) is 13.1 Å². The Balaban J connectivity index is 1.27. The molecule has 7 nitrogen and oxygen atoms in total. The highest BCUT2D eigenvalue weighted by Gasteiger charge is 2.28. The number of piperidine rings is 1. The van der Waals surface area contributed by atoms with Gasteiger partial charge in [0.1, 0.15) is 0 Å². The van der Waals surface area contributed by atoms with Crippen molar-refractivity contribution in [3.05, 3.63) is 59.9 Å². The molecule has 2 fully saturated rings. The van der Waals surface area contributed by atoms with Crippen LogP contribution in [0.4, 0.5) is 0 Å². The summed E-state index contributed by atoms with van der Waals surface area (Å²) in [5, 5.41) is 3.07. The lowest BCUT2D eigenvalue weighted by molar-refractivity contribution is 0.0908. The number of sulfonamides is 1. The van der Waals surface area contributed by atoms with Gasteiger partial charge in [0.25, 0.3) is 5.91 Å². The monoisotopic (exact) mass is 414 g/mol. The summed E-state index contributed by atoms with van der Waals surface area (Å²) in [6.45, 7) is 2.64. The second-order valence-electron chi connectivity index (χ2n) is 7.76. The van der Waals surface area contributed by atoms with Crippen LogP contribution in [0.15, 0.2) is 53.6 Å². The standard InChI is InChI=1S/C21H26N4O3S/c26-21(16-4-8-20(9-5-16)29(27,28)24-18-6-7-18)23-17-10-13-25(14-11-17)15-19-3-1-2-12-22-19/h1-5,8-9,12,17-18,24H,6-7,10-11,13-15H2,(H,23,26). The molecule has 1 aromatic carbocycles. The molecule has 1 aliphatic carbocycles. The molecule has 0 bridgehead atoms. The largest absolute Gasteiger partial charge is 0.349 e. The van der Waals surface area contributed by atoms with E-state index in [-0.39, 0.29) is 22.9 Å². The van der Waals surface area contributed by atoms with E-state index >= 15 is 0 Å². The van der Waals surface area contributed by atoms with Gasteiger partial charge in [-0.3, -0.25) is 14.7 Å². The van der Waals surface area contributed by atoms with Crippen molar-refractivity contribution in [1.29, 1.82) is 0 Å². The van der Waals surface area contributed by atoms with Crippen LogP contribution in [0, 0.1) is 0 Å². The number of nitrogens with one attached hydrogen (secondary N) is 2. The minimum absolute atomic E-state index is 0.0616. The second-order valence-corrected chi connectivity index (χ2v) is 9.48. The molecule has 1 aromatic heterocycles. The average molecular weight is 415 g/mol. The molecule has 2 aromatic rings. The Morgan fingerprint density at radius 3 is 2.34 bits per heavy atom. The maximum Gasteiger partial charge on any atom is 0.251 e.